The molecule has 0 unspecified atom stereocenters. The Morgan fingerprint density at radius 3 is 1.59 bits per heavy atom. The number of nitrogens with one attached hydrogen (secondary N) is 1. The molecule has 1 aromatic carbocycles. The Labute approximate surface area is 239 Å². The lowest BCUT2D eigenvalue weighted by Gasteiger charge is -2.21. The molecule has 2 heterocycles. The SMILES string of the molecule is COC(=O)c1cc(OCC(C)C)c2cc3c(OCC(C)C)cc(C(=O)OC)nc3c(CNC(=O)OC(C)(C)C)c2n1. The van der Waals surface area contributed by atoms with Crippen molar-refractivity contribution < 1.29 is 38.1 Å². The second-order valence-electron chi connectivity index (χ2n) is 11.4. The first-order valence-corrected chi connectivity index (χ1v) is 13.4. The molecule has 0 aliphatic rings. The highest BCUT2D eigenvalue weighted by molar-refractivity contribution is 6.06. The van der Waals surface area contributed by atoms with Gasteiger partial charge in [-0.3, -0.25) is 0 Å². The fraction of sp³-hybridized carbons (Fsp3) is 0.500. The molecule has 11 nitrogen and oxygen atoms in total. The van der Waals surface area contributed by atoms with E-state index in [1.165, 1.54) is 26.4 Å². The van der Waals surface area contributed by atoms with Gasteiger partial charge in [-0.1, -0.05) is 27.7 Å². The van der Waals surface area contributed by atoms with Crippen molar-refractivity contribution in [1.29, 1.82) is 0 Å². The summed E-state index contributed by atoms with van der Waals surface area (Å²) in [6, 6.07) is 4.85. The van der Waals surface area contributed by atoms with E-state index in [-0.39, 0.29) is 29.8 Å². The van der Waals surface area contributed by atoms with E-state index in [1.807, 2.05) is 27.7 Å². The zero-order valence-electron chi connectivity index (χ0n) is 25.2. The normalized spacial score (nSPS) is 11.6. The number of methoxy groups -OCH3 is 2. The molecule has 0 aliphatic carbocycles. The van der Waals surface area contributed by atoms with Gasteiger partial charge < -0.3 is 29.0 Å². The summed E-state index contributed by atoms with van der Waals surface area (Å²) in [5, 5.41) is 3.88. The zero-order chi connectivity index (χ0) is 30.5. The van der Waals surface area contributed by atoms with Crippen LogP contribution in [-0.4, -0.2) is 61.0 Å². The van der Waals surface area contributed by atoms with Gasteiger partial charge in [0.2, 0.25) is 0 Å². The number of esters is 2. The molecular weight excluding hydrogens is 530 g/mol. The van der Waals surface area contributed by atoms with Crippen LogP contribution >= 0.6 is 0 Å². The Bertz CT molecular complexity index is 1350. The first kappa shape index (κ1) is 31.4. The summed E-state index contributed by atoms with van der Waals surface area (Å²) >= 11 is 0. The lowest BCUT2D eigenvalue weighted by molar-refractivity contribution is 0.0521. The third kappa shape index (κ3) is 7.96. The molecule has 1 N–H and O–H groups in total. The van der Waals surface area contributed by atoms with Gasteiger partial charge in [-0.2, -0.15) is 0 Å². The first-order valence-electron chi connectivity index (χ1n) is 13.4. The van der Waals surface area contributed by atoms with Crippen molar-refractivity contribution in [3.8, 4) is 11.5 Å². The van der Waals surface area contributed by atoms with Crippen LogP contribution in [0.4, 0.5) is 4.79 Å². The van der Waals surface area contributed by atoms with Gasteiger partial charge in [-0.25, -0.2) is 24.4 Å². The van der Waals surface area contributed by atoms with Crippen LogP contribution in [0.15, 0.2) is 18.2 Å². The van der Waals surface area contributed by atoms with Crippen molar-refractivity contribution in [3.05, 3.63) is 35.2 Å². The molecule has 222 valence electrons. The molecule has 0 atom stereocenters. The van der Waals surface area contributed by atoms with Crippen LogP contribution in [0.25, 0.3) is 21.8 Å². The number of fused-ring (bicyclic) bond motifs is 2. The zero-order valence-corrected chi connectivity index (χ0v) is 25.2. The molecular formula is C30H39N3O8. The van der Waals surface area contributed by atoms with Gasteiger partial charge in [0, 0.05) is 28.5 Å². The first-order chi connectivity index (χ1) is 19.2. The lowest BCUT2D eigenvalue weighted by Crippen LogP contribution is -2.32. The van der Waals surface area contributed by atoms with Gasteiger partial charge in [0.25, 0.3) is 0 Å². The summed E-state index contributed by atoms with van der Waals surface area (Å²) in [7, 11) is 2.52. The molecule has 0 spiro atoms. The van der Waals surface area contributed by atoms with Gasteiger partial charge in [-0.15, -0.1) is 0 Å². The van der Waals surface area contributed by atoms with Crippen LogP contribution < -0.4 is 14.8 Å². The number of aromatic nitrogens is 2. The van der Waals surface area contributed by atoms with Crippen molar-refractivity contribution in [1.82, 2.24) is 15.3 Å². The maximum Gasteiger partial charge on any atom is 0.407 e. The summed E-state index contributed by atoms with van der Waals surface area (Å²) in [4.78, 5) is 47.1. The predicted molar refractivity (Wildman–Crippen MR) is 153 cm³/mol. The summed E-state index contributed by atoms with van der Waals surface area (Å²) in [6.07, 6.45) is -0.663. The second-order valence-corrected chi connectivity index (χ2v) is 11.4. The summed E-state index contributed by atoms with van der Waals surface area (Å²) in [6.45, 7) is 13.9. The summed E-state index contributed by atoms with van der Waals surface area (Å²) in [5.41, 5.74) is 0.379. The minimum Gasteiger partial charge on any atom is -0.493 e. The highest BCUT2D eigenvalue weighted by Crippen LogP contribution is 2.37. The van der Waals surface area contributed by atoms with E-state index in [0.717, 1.165) is 0 Å². The van der Waals surface area contributed by atoms with Crippen LogP contribution in [0.1, 0.15) is 75.0 Å². The molecule has 1 amide bonds. The van der Waals surface area contributed by atoms with Crippen LogP contribution in [0, 0.1) is 11.8 Å². The van der Waals surface area contributed by atoms with E-state index in [4.69, 9.17) is 23.7 Å². The number of carbonyl (C=O) groups is 3. The van der Waals surface area contributed by atoms with Gasteiger partial charge >= 0.3 is 18.0 Å². The number of hydrogen-bond donors (Lipinski definition) is 1. The van der Waals surface area contributed by atoms with Gasteiger partial charge in [-0.05, 0) is 38.7 Å². The number of nitrogens with zero attached hydrogens (tertiary/aromatic N) is 2. The van der Waals surface area contributed by atoms with E-state index >= 15 is 0 Å². The Morgan fingerprint density at radius 1 is 0.780 bits per heavy atom. The van der Waals surface area contributed by atoms with Gasteiger partial charge in [0.05, 0.1) is 45.0 Å². The van der Waals surface area contributed by atoms with E-state index in [9.17, 15) is 14.4 Å². The molecule has 0 saturated carbocycles. The largest absolute Gasteiger partial charge is 0.493 e. The van der Waals surface area contributed by atoms with E-state index < -0.39 is 23.6 Å². The van der Waals surface area contributed by atoms with E-state index in [2.05, 4.69) is 15.3 Å². The van der Waals surface area contributed by atoms with Crippen molar-refractivity contribution in [2.24, 2.45) is 11.8 Å². The number of pyridine rings is 2. The number of benzene rings is 1. The number of rotatable bonds is 10. The third-order valence-electron chi connectivity index (χ3n) is 5.64. The fourth-order valence-electron chi connectivity index (χ4n) is 3.87. The monoisotopic (exact) mass is 569 g/mol. The molecule has 3 rings (SSSR count). The van der Waals surface area contributed by atoms with Gasteiger partial charge in [0.1, 0.15) is 17.1 Å². The van der Waals surface area contributed by atoms with E-state index in [0.29, 0.717) is 52.1 Å². The lowest BCUT2D eigenvalue weighted by atomic mass is 10.0. The Hall–Kier alpha value is -4.15. The Balaban J connectivity index is 2.40. The number of carbonyl (C=O) groups excluding carboxylic acids is 3. The van der Waals surface area contributed by atoms with Gasteiger partial charge in [0.15, 0.2) is 11.4 Å². The molecule has 0 aliphatic heterocycles. The molecule has 0 radical (unpaired) electrons. The maximum absolute atomic E-state index is 12.7. The van der Waals surface area contributed by atoms with Crippen LogP contribution in [0.3, 0.4) is 0 Å². The topological polar surface area (TPSA) is 135 Å². The molecule has 0 fully saturated rings. The average Bonchev–Trinajstić information content (AvgIpc) is 2.90. The van der Waals surface area contributed by atoms with Crippen LogP contribution in [-0.2, 0) is 20.8 Å². The van der Waals surface area contributed by atoms with Crippen LogP contribution in [0.5, 0.6) is 11.5 Å². The standard InChI is InChI=1S/C30H39N3O8/c1-16(2)14-39-23-11-21(27(34)37-8)32-25-18(23)10-19-24(40-15-17(3)4)12-22(28(35)38-9)33-26(19)20(25)13-31-29(36)41-30(5,6)7/h10-12,16-17H,13-15H2,1-9H3,(H,31,36). The maximum atomic E-state index is 12.7. The summed E-state index contributed by atoms with van der Waals surface area (Å²) in [5.74, 6) is -0.132. The number of ether oxygens (including phenoxy) is 5. The third-order valence-corrected chi connectivity index (χ3v) is 5.64. The van der Waals surface area contributed by atoms with Crippen molar-refractivity contribution in [2.75, 3.05) is 27.4 Å². The highest BCUT2D eigenvalue weighted by Gasteiger charge is 2.24. The minimum atomic E-state index is -0.729. The highest BCUT2D eigenvalue weighted by atomic mass is 16.6. The minimum absolute atomic E-state index is 0.0111. The van der Waals surface area contributed by atoms with Crippen LogP contribution in [0.2, 0.25) is 0 Å². The summed E-state index contributed by atoms with van der Waals surface area (Å²) < 4.78 is 27.6. The fourth-order valence-corrected chi connectivity index (χ4v) is 3.87. The average molecular weight is 570 g/mol. The molecule has 3 aromatic rings. The second kappa shape index (κ2) is 13.0. The molecule has 2 aromatic heterocycles. The van der Waals surface area contributed by atoms with Crippen molar-refractivity contribution >= 4 is 39.8 Å². The van der Waals surface area contributed by atoms with Crippen molar-refractivity contribution in [2.45, 2.75) is 60.6 Å². The number of alkyl carbamates (subject to hydrolysis) is 1. The molecule has 41 heavy (non-hydrogen) atoms. The number of hydrogen-bond acceptors (Lipinski definition) is 10. The smallest absolute Gasteiger partial charge is 0.407 e. The molecule has 0 bridgehead atoms. The predicted octanol–water partition coefficient (Wildman–Crippen LogP) is 5.45. The van der Waals surface area contributed by atoms with Crippen molar-refractivity contribution in [3.63, 3.8) is 0 Å². The molecule has 0 saturated heterocycles. The quantitative estimate of drug-likeness (QED) is 0.191. The van der Waals surface area contributed by atoms with E-state index in [1.54, 1.807) is 26.8 Å². The Morgan fingerprint density at radius 2 is 1.22 bits per heavy atom. The Kier molecular flexibility index (Phi) is 9.96. The number of amides is 1. The molecule has 11 heteroatoms.